The van der Waals surface area contributed by atoms with Crippen molar-refractivity contribution in [3.63, 3.8) is 0 Å². The van der Waals surface area contributed by atoms with Gasteiger partial charge in [0.2, 0.25) is 0 Å². The van der Waals surface area contributed by atoms with E-state index in [2.05, 4.69) is 37.5 Å². The van der Waals surface area contributed by atoms with E-state index in [1.165, 1.54) is 6.26 Å². The molecule has 5 heteroatoms. The third-order valence-electron chi connectivity index (χ3n) is 4.95. The first-order chi connectivity index (χ1) is 13.0. The quantitative estimate of drug-likeness (QED) is 0.541. The van der Waals surface area contributed by atoms with Gasteiger partial charge in [0.15, 0.2) is 5.76 Å². The second kappa shape index (κ2) is 8.49. The molecule has 27 heavy (non-hydrogen) atoms. The molecule has 0 bridgehead atoms. The Morgan fingerprint density at radius 3 is 2.63 bits per heavy atom. The summed E-state index contributed by atoms with van der Waals surface area (Å²) in [6, 6.07) is 15.4. The van der Waals surface area contributed by atoms with Crippen molar-refractivity contribution in [1.82, 2.24) is 9.47 Å². The van der Waals surface area contributed by atoms with Gasteiger partial charge in [-0.3, -0.25) is 4.79 Å². The molecule has 4 nitrogen and oxygen atoms in total. The molecule has 1 unspecified atom stereocenters. The largest absolute Gasteiger partial charge is 0.459 e. The van der Waals surface area contributed by atoms with Crippen LogP contribution in [0.25, 0.3) is 0 Å². The first kappa shape index (κ1) is 19.3. The van der Waals surface area contributed by atoms with E-state index in [1.54, 1.807) is 12.1 Å². The van der Waals surface area contributed by atoms with Gasteiger partial charge >= 0.3 is 0 Å². The van der Waals surface area contributed by atoms with Crippen LogP contribution >= 0.6 is 11.6 Å². The van der Waals surface area contributed by atoms with Crippen LogP contribution in [0.2, 0.25) is 5.02 Å². The minimum Gasteiger partial charge on any atom is -0.459 e. The molecule has 0 aliphatic carbocycles. The van der Waals surface area contributed by atoms with Crippen LogP contribution in [0.15, 0.2) is 65.4 Å². The van der Waals surface area contributed by atoms with Gasteiger partial charge in [0.1, 0.15) is 0 Å². The van der Waals surface area contributed by atoms with E-state index in [1.807, 2.05) is 35.4 Å². The summed E-state index contributed by atoms with van der Waals surface area (Å²) in [5.41, 5.74) is 2.20. The van der Waals surface area contributed by atoms with Crippen molar-refractivity contribution in [2.24, 2.45) is 5.92 Å². The molecule has 0 spiro atoms. The number of nitrogens with zero attached hydrogens (tertiary/aromatic N) is 2. The van der Waals surface area contributed by atoms with Gasteiger partial charge < -0.3 is 13.9 Å². The van der Waals surface area contributed by atoms with Crippen molar-refractivity contribution >= 4 is 17.5 Å². The summed E-state index contributed by atoms with van der Waals surface area (Å²) in [6.45, 7) is 7.56. The lowest BCUT2D eigenvalue weighted by atomic mass is 10.0. The molecule has 0 fully saturated rings. The summed E-state index contributed by atoms with van der Waals surface area (Å²) in [5, 5.41) is 0.726. The maximum atomic E-state index is 13.0. The van der Waals surface area contributed by atoms with E-state index in [-0.39, 0.29) is 11.9 Å². The van der Waals surface area contributed by atoms with E-state index in [0.717, 1.165) is 16.3 Å². The SMILES string of the molecule is CC(C)C(C)N(Cc1cccn1Cc1cccc(Cl)c1)C(=O)c1ccco1. The Bertz CT molecular complexity index is 883. The summed E-state index contributed by atoms with van der Waals surface area (Å²) < 4.78 is 7.51. The molecule has 1 aromatic carbocycles. The van der Waals surface area contributed by atoms with Crippen LogP contribution in [0.4, 0.5) is 0 Å². The molecule has 0 aliphatic rings. The van der Waals surface area contributed by atoms with Crippen LogP contribution in [-0.4, -0.2) is 21.4 Å². The lowest BCUT2D eigenvalue weighted by Gasteiger charge is -2.31. The third-order valence-corrected chi connectivity index (χ3v) is 5.18. The minimum absolute atomic E-state index is 0.0807. The van der Waals surface area contributed by atoms with Crippen LogP contribution in [-0.2, 0) is 13.1 Å². The molecule has 0 saturated carbocycles. The van der Waals surface area contributed by atoms with Gasteiger partial charge in [0, 0.05) is 29.5 Å². The Morgan fingerprint density at radius 2 is 1.96 bits per heavy atom. The number of carbonyl (C=O) groups excluding carboxylic acids is 1. The highest BCUT2D eigenvalue weighted by atomic mass is 35.5. The zero-order valence-corrected chi connectivity index (χ0v) is 16.7. The van der Waals surface area contributed by atoms with Crippen molar-refractivity contribution in [3.05, 3.63) is 83.0 Å². The van der Waals surface area contributed by atoms with E-state index < -0.39 is 0 Å². The summed E-state index contributed by atoms with van der Waals surface area (Å²) >= 11 is 6.11. The smallest absolute Gasteiger partial charge is 0.290 e. The highest BCUT2D eigenvalue weighted by molar-refractivity contribution is 6.30. The van der Waals surface area contributed by atoms with E-state index in [0.29, 0.717) is 24.8 Å². The van der Waals surface area contributed by atoms with Gasteiger partial charge in [-0.05, 0) is 54.8 Å². The molecular formula is C22H25ClN2O2. The number of amides is 1. The summed E-state index contributed by atoms with van der Waals surface area (Å²) in [7, 11) is 0. The average molecular weight is 385 g/mol. The highest BCUT2D eigenvalue weighted by Crippen LogP contribution is 2.20. The normalized spacial score (nSPS) is 12.3. The first-order valence-electron chi connectivity index (χ1n) is 9.18. The highest BCUT2D eigenvalue weighted by Gasteiger charge is 2.26. The molecule has 0 N–H and O–H groups in total. The van der Waals surface area contributed by atoms with Crippen LogP contribution in [0, 0.1) is 5.92 Å². The maximum Gasteiger partial charge on any atom is 0.290 e. The molecule has 2 aromatic heterocycles. The third kappa shape index (κ3) is 4.64. The van der Waals surface area contributed by atoms with E-state index in [9.17, 15) is 4.79 Å². The second-order valence-electron chi connectivity index (χ2n) is 7.15. The predicted molar refractivity (Wildman–Crippen MR) is 108 cm³/mol. The lowest BCUT2D eigenvalue weighted by Crippen LogP contribution is -2.41. The monoisotopic (exact) mass is 384 g/mol. The number of carbonyl (C=O) groups is 1. The summed E-state index contributed by atoms with van der Waals surface area (Å²) in [6.07, 6.45) is 3.57. The Kier molecular flexibility index (Phi) is 6.07. The minimum atomic E-state index is -0.0864. The number of benzene rings is 1. The number of rotatable bonds is 7. The molecule has 0 radical (unpaired) electrons. The Morgan fingerprint density at radius 1 is 1.15 bits per heavy atom. The standard InChI is InChI=1S/C22H25ClN2O2/c1-16(2)17(3)25(22(26)21-10-6-12-27-21)15-20-9-5-11-24(20)14-18-7-4-8-19(23)13-18/h4-13,16-17H,14-15H2,1-3H3. The zero-order chi connectivity index (χ0) is 19.4. The van der Waals surface area contributed by atoms with Crippen molar-refractivity contribution in [1.29, 1.82) is 0 Å². The number of hydrogen-bond donors (Lipinski definition) is 0. The molecule has 0 saturated heterocycles. The maximum absolute atomic E-state index is 13.0. The molecule has 1 atom stereocenters. The number of furan rings is 1. The van der Waals surface area contributed by atoms with Crippen LogP contribution in [0.3, 0.4) is 0 Å². The van der Waals surface area contributed by atoms with Gasteiger partial charge in [-0.15, -0.1) is 0 Å². The topological polar surface area (TPSA) is 38.4 Å². The molecule has 2 heterocycles. The molecule has 1 amide bonds. The molecule has 3 aromatic rings. The number of hydrogen-bond acceptors (Lipinski definition) is 2. The molecule has 0 aliphatic heterocycles. The molecule has 142 valence electrons. The second-order valence-corrected chi connectivity index (χ2v) is 7.59. The Labute approximate surface area is 165 Å². The summed E-state index contributed by atoms with van der Waals surface area (Å²) in [5.74, 6) is 0.618. The van der Waals surface area contributed by atoms with Crippen LogP contribution in [0.5, 0.6) is 0 Å². The first-order valence-corrected chi connectivity index (χ1v) is 9.56. The lowest BCUT2D eigenvalue weighted by molar-refractivity contribution is 0.0590. The van der Waals surface area contributed by atoms with Gasteiger partial charge in [0.05, 0.1) is 12.8 Å². The fraction of sp³-hybridized carbons (Fsp3) is 0.318. The van der Waals surface area contributed by atoms with Gasteiger partial charge in [-0.1, -0.05) is 37.6 Å². The molecular weight excluding hydrogens is 360 g/mol. The van der Waals surface area contributed by atoms with Crippen LogP contribution < -0.4 is 0 Å². The fourth-order valence-corrected chi connectivity index (χ4v) is 3.27. The number of halogens is 1. The van der Waals surface area contributed by atoms with Gasteiger partial charge in [-0.25, -0.2) is 0 Å². The van der Waals surface area contributed by atoms with Crippen LogP contribution in [0.1, 0.15) is 42.6 Å². The van der Waals surface area contributed by atoms with Gasteiger partial charge in [-0.2, -0.15) is 0 Å². The van der Waals surface area contributed by atoms with Crippen molar-refractivity contribution < 1.29 is 9.21 Å². The van der Waals surface area contributed by atoms with E-state index >= 15 is 0 Å². The van der Waals surface area contributed by atoms with Crippen molar-refractivity contribution in [3.8, 4) is 0 Å². The van der Waals surface area contributed by atoms with Crippen molar-refractivity contribution in [2.75, 3.05) is 0 Å². The predicted octanol–water partition coefficient (Wildman–Crippen LogP) is 5.47. The summed E-state index contributed by atoms with van der Waals surface area (Å²) in [4.78, 5) is 14.9. The average Bonchev–Trinajstić information content (AvgIpc) is 3.31. The molecule has 3 rings (SSSR count). The number of aromatic nitrogens is 1. The Balaban J connectivity index is 1.84. The zero-order valence-electron chi connectivity index (χ0n) is 15.9. The Hall–Kier alpha value is -2.46. The van der Waals surface area contributed by atoms with E-state index in [4.69, 9.17) is 16.0 Å². The fourth-order valence-electron chi connectivity index (χ4n) is 3.06. The van der Waals surface area contributed by atoms with Crippen molar-refractivity contribution in [2.45, 2.75) is 39.9 Å². The van der Waals surface area contributed by atoms with Gasteiger partial charge in [0.25, 0.3) is 5.91 Å².